The maximum absolute atomic E-state index is 13.5. The Labute approximate surface area is 248 Å². The van der Waals surface area contributed by atoms with Crippen molar-refractivity contribution in [3.8, 4) is 11.5 Å². The molecule has 0 aromatic heterocycles. The van der Waals surface area contributed by atoms with E-state index in [0.717, 1.165) is 19.4 Å². The summed E-state index contributed by atoms with van der Waals surface area (Å²) in [6.45, 7) is -0.770. The molecular weight excluding hydrogens is 596 g/mol. The van der Waals surface area contributed by atoms with Gasteiger partial charge in [0.2, 0.25) is 11.9 Å². The lowest BCUT2D eigenvalue weighted by Crippen LogP contribution is -2.62. The van der Waals surface area contributed by atoms with Gasteiger partial charge in [0, 0.05) is 5.92 Å². The van der Waals surface area contributed by atoms with Gasteiger partial charge in [-0.25, -0.2) is 14.4 Å². The van der Waals surface area contributed by atoms with E-state index >= 15 is 0 Å². The van der Waals surface area contributed by atoms with Gasteiger partial charge < -0.3 is 68.9 Å². The van der Waals surface area contributed by atoms with Crippen LogP contribution in [0.25, 0.3) is 5.57 Å². The highest BCUT2D eigenvalue weighted by molar-refractivity contribution is 6.15. The van der Waals surface area contributed by atoms with Gasteiger partial charge >= 0.3 is 17.9 Å². The van der Waals surface area contributed by atoms with E-state index in [1.165, 1.54) is 19.2 Å². The molecule has 0 spiro atoms. The van der Waals surface area contributed by atoms with Crippen LogP contribution < -0.4 is 4.74 Å². The SMILES string of the molecule is COC(=O)C1=CO[C@@H](O[C@H]2O[C@@H](CO)[C@H](O)[C@@H](O)[C@@H]2O)[C@@H]2[C@H]1[C@@H]1O[C@@H]1[C@]2(O)C(=O)O/C=C(\C(=O)O)c1ccc(O)c(OC)c1. The number of rotatable bonds is 9. The maximum atomic E-state index is 13.5. The topological polar surface area (TPSA) is 261 Å². The van der Waals surface area contributed by atoms with E-state index in [1.807, 2.05) is 0 Å². The van der Waals surface area contributed by atoms with Gasteiger partial charge in [0.1, 0.15) is 42.4 Å². The fourth-order valence-electron chi connectivity index (χ4n) is 5.75. The van der Waals surface area contributed by atoms with Gasteiger partial charge in [-0.2, -0.15) is 0 Å². The van der Waals surface area contributed by atoms with Crippen molar-refractivity contribution in [2.24, 2.45) is 11.8 Å². The smallest absolute Gasteiger partial charge is 0.346 e. The summed E-state index contributed by atoms with van der Waals surface area (Å²) in [5.74, 6) is -6.80. The Morgan fingerprint density at radius 2 is 1.77 bits per heavy atom. The standard InChI is InChI=1S/C27H30O17/c1-38-13-5-9(3-4-12(13)29)10(22(33)34)7-41-26(36)27(37)16-15(20-21(27)43-20)11(23(35)39-2)8-40-24(16)44-25-19(32)18(31)17(30)14(6-28)42-25/h3-5,7-8,14-21,24-25,28-32,37H,6H2,1-2H3,(H,33,34)/b10-7-/t14-,15-,16-,17-,18+,19-,20-,21-,24-,25+,27-/m0/s1. The minimum absolute atomic E-state index is 0.0301. The molecule has 3 heterocycles. The monoisotopic (exact) mass is 626 g/mol. The molecule has 0 radical (unpaired) electrons. The van der Waals surface area contributed by atoms with Crippen molar-refractivity contribution in [1.29, 1.82) is 0 Å². The fraction of sp³-hybridized carbons (Fsp3) is 0.519. The highest BCUT2D eigenvalue weighted by atomic mass is 16.8. The number of hydrogen-bond acceptors (Lipinski definition) is 16. The number of fused-ring (bicyclic) bond motifs is 3. The number of aliphatic carboxylic acids is 1. The Morgan fingerprint density at radius 1 is 1.05 bits per heavy atom. The van der Waals surface area contributed by atoms with E-state index in [2.05, 4.69) is 0 Å². The third-order valence-corrected chi connectivity index (χ3v) is 8.06. The maximum Gasteiger partial charge on any atom is 0.346 e. The van der Waals surface area contributed by atoms with Crippen molar-refractivity contribution in [3.05, 3.63) is 41.9 Å². The number of aromatic hydroxyl groups is 1. The quantitative estimate of drug-likeness (QED) is 0.0638. The van der Waals surface area contributed by atoms with Crippen molar-refractivity contribution < 1.29 is 83.3 Å². The summed E-state index contributed by atoms with van der Waals surface area (Å²) in [5, 5.41) is 71.7. The molecule has 4 aliphatic rings. The molecule has 44 heavy (non-hydrogen) atoms. The molecule has 0 amide bonds. The number of carbonyl (C=O) groups is 3. The van der Waals surface area contributed by atoms with Crippen LogP contribution in [0.4, 0.5) is 0 Å². The number of methoxy groups -OCH3 is 2. The summed E-state index contributed by atoms with van der Waals surface area (Å²) in [6, 6.07) is 3.56. The minimum Gasteiger partial charge on any atom is -0.504 e. The molecule has 1 aliphatic carbocycles. The minimum atomic E-state index is -2.64. The summed E-state index contributed by atoms with van der Waals surface area (Å²) in [5.41, 5.74) is -3.38. The van der Waals surface area contributed by atoms with Crippen LogP contribution in [0.3, 0.4) is 0 Å². The summed E-state index contributed by atoms with van der Waals surface area (Å²) in [7, 11) is 2.33. The molecule has 3 aliphatic heterocycles. The van der Waals surface area contributed by atoms with Gasteiger partial charge in [0.05, 0.1) is 44.7 Å². The molecular formula is C27H30O17. The normalized spacial score (nSPS) is 37.5. The number of ether oxygens (including phenoxy) is 7. The predicted molar refractivity (Wildman–Crippen MR) is 137 cm³/mol. The van der Waals surface area contributed by atoms with Crippen LogP contribution in [0.1, 0.15) is 5.56 Å². The number of carboxylic acids is 1. The number of benzene rings is 1. The molecule has 17 heteroatoms. The van der Waals surface area contributed by atoms with E-state index in [0.29, 0.717) is 6.26 Å². The largest absolute Gasteiger partial charge is 0.504 e. The molecule has 240 valence electrons. The Kier molecular flexibility index (Phi) is 8.58. The molecule has 1 aromatic rings. The summed E-state index contributed by atoms with van der Waals surface area (Å²) in [6.07, 6.45) is -10.9. The predicted octanol–water partition coefficient (Wildman–Crippen LogP) is -2.66. The third-order valence-electron chi connectivity index (χ3n) is 8.06. The number of epoxide rings is 1. The molecule has 1 aromatic carbocycles. The van der Waals surface area contributed by atoms with Crippen molar-refractivity contribution >= 4 is 23.5 Å². The van der Waals surface area contributed by atoms with Crippen molar-refractivity contribution in [3.63, 3.8) is 0 Å². The molecule has 3 fully saturated rings. The van der Waals surface area contributed by atoms with E-state index < -0.39 is 96.7 Å². The Hall–Kier alpha value is -3.81. The van der Waals surface area contributed by atoms with Crippen LogP contribution in [0.5, 0.6) is 11.5 Å². The average molecular weight is 627 g/mol. The zero-order valence-corrected chi connectivity index (χ0v) is 23.1. The highest BCUT2D eigenvalue weighted by Gasteiger charge is 2.78. The first-order valence-electron chi connectivity index (χ1n) is 13.2. The first-order valence-corrected chi connectivity index (χ1v) is 13.2. The lowest BCUT2D eigenvalue weighted by molar-refractivity contribution is -0.348. The van der Waals surface area contributed by atoms with E-state index in [1.54, 1.807) is 0 Å². The highest BCUT2D eigenvalue weighted by Crippen LogP contribution is 2.59. The van der Waals surface area contributed by atoms with E-state index in [4.69, 9.17) is 33.2 Å². The first-order chi connectivity index (χ1) is 20.9. The Balaban J connectivity index is 1.47. The van der Waals surface area contributed by atoms with Crippen LogP contribution in [-0.4, -0.2) is 129 Å². The number of carbonyl (C=O) groups excluding carboxylic acids is 2. The zero-order chi connectivity index (χ0) is 32.1. The molecule has 2 saturated heterocycles. The summed E-state index contributed by atoms with van der Waals surface area (Å²) < 4.78 is 37.1. The lowest BCUT2D eigenvalue weighted by atomic mass is 9.79. The zero-order valence-electron chi connectivity index (χ0n) is 23.1. The summed E-state index contributed by atoms with van der Waals surface area (Å²) in [4.78, 5) is 38.1. The van der Waals surface area contributed by atoms with Crippen molar-refractivity contribution in [2.75, 3.05) is 20.8 Å². The molecule has 0 unspecified atom stereocenters. The van der Waals surface area contributed by atoms with Crippen LogP contribution in [-0.2, 0) is 42.8 Å². The molecule has 1 saturated carbocycles. The first kappa shape index (κ1) is 31.6. The van der Waals surface area contributed by atoms with E-state index in [9.17, 15) is 50.1 Å². The average Bonchev–Trinajstić information content (AvgIpc) is 3.77. The van der Waals surface area contributed by atoms with Crippen LogP contribution in [0.2, 0.25) is 0 Å². The summed E-state index contributed by atoms with van der Waals surface area (Å²) >= 11 is 0. The number of carboxylic acid groups (broad SMARTS) is 1. The second-order valence-electron chi connectivity index (χ2n) is 10.4. The molecule has 0 bridgehead atoms. The van der Waals surface area contributed by atoms with Gasteiger partial charge in [0.25, 0.3) is 0 Å². The van der Waals surface area contributed by atoms with Gasteiger partial charge in [-0.3, -0.25) is 0 Å². The molecule has 11 atom stereocenters. The third kappa shape index (κ3) is 5.16. The Morgan fingerprint density at radius 3 is 2.41 bits per heavy atom. The lowest BCUT2D eigenvalue weighted by Gasteiger charge is -2.44. The Bertz CT molecular complexity index is 1370. The number of aliphatic hydroxyl groups is 5. The van der Waals surface area contributed by atoms with E-state index in [-0.39, 0.29) is 22.6 Å². The van der Waals surface area contributed by atoms with Gasteiger partial charge in [-0.1, -0.05) is 6.07 Å². The number of aliphatic hydroxyl groups excluding tert-OH is 4. The number of esters is 2. The molecule has 17 nitrogen and oxygen atoms in total. The molecule has 7 N–H and O–H groups in total. The van der Waals surface area contributed by atoms with Crippen molar-refractivity contribution in [2.45, 2.75) is 54.8 Å². The number of phenolic OH excluding ortho intramolecular Hbond substituents is 1. The number of hydrogen-bond donors (Lipinski definition) is 7. The van der Waals surface area contributed by atoms with Crippen LogP contribution in [0, 0.1) is 11.8 Å². The van der Waals surface area contributed by atoms with Crippen LogP contribution in [0.15, 0.2) is 36.3 Å². The van der Waals surface area contributed by atoms with Gasteiger partial charge in [0.15, 0.2) is 17.8 Å². The fourth-order valence-corrected chi connectivity index (χ4v) is 5.75. The van der Waals surface area contributed by atoms with Crippen molar-refractivity contribution in [1.82, 2.24) is 0 Å². The van der Waals surface area contributed by atoms with Gasteiger partial charge in [-0.05, 0) is 17.7 Å². The van der Waals surface area contributed by atoms with Crippen LogP contribution >= 0.6 is 0 Å². The second-order valence-corrected chi connectivity index (χ2v) is 10.4. The van der Waals surface area contributed by atoms with Gasteiger partial charge in [-0.15, -0.1) is 0 Å². The molecule has 5 rings (SSSR count). The number of phenols is 1. The second kappa shape index (κ2) is 11.9.